The van der Waals surface area contributed by atoms with Gasteiger partial charge in [0, 0.05) is 42.3 Å². The Hall–Kier alpha value is -3.89. The Balaban J connectivity index is 1.46. The average Bonchev–Trinajstić information content (AvgIpc) is 3.10. The van der Waals surface area contributed by atoms with Gasteiger partial charge in [0.1, 0.15) is 17.2 Å². The Morgan fingerprint density at radius 3 is 3.00 bits per heavy atom. The van der Waals surface area contributed by atoms with Gasteiger partial charge in [-0.3, -0.25) is 9.59 Å². The number of nitrogens with two attached hydrogens (primary N) is 1. The lowest BCUT2D eigenvalue weighted by molar-refractivity contribution is -0.125. The molecule has 1 aromatic carbocycles. The van der Waals surface area contributed by atoms with Gasteiger partial charge in [0.2, 0.25) is 11.8 Å². The SMILES string of the molecule is Cc1c(CN(C)C(=O)/C=C/c2cnc3c(c2)CCC(=O)N3)oc2cc(C#CCN)ccc12. The third kappa shape index (κ3) is 4.56. The van der Waals surface area contributed by atoms with Crippen LogP contribution in [0.1, 0.15) is 34.4 Å². The van der Waals surface area contributed by atoms with E-state index in [9.17, 15) is 9.59 Å². The Morgan fingerprint density at radius 1 is 1.34 bits per heavy atom. The summed E-state index contributed by atoms with van der Waals surface area (Å²) in [5, 5.41) is 3.76. The lowest BCUT2D eigenvalue weighted by atomic mass is 10.0. The molecule has 2 aromatic heterocycles. The maximum Gasteiger partial charge on any atom is 0.246 e. The third-order valence-corrected chi connectivity index (χ3v) is 5.41. The molecule has 0 spiro atoms. The van der Waals surface area contributed by atoms with E-state index in [1.807, 2.05) is 31.2 Å². The molecule has 32 heavy (non-hydrogen) atoms. The van der Waals surface area contributed by atoms with Crippen LogP contribution in [-0.4, -0.2) is 35.3 Å². The number of rotatable bonds is 4. The number of aryl methyl sites for hydroxylation is 2. The standard InChI is InChI=1S/C25H24N4O3/c1-16-20-8-5-17(4-3-11-26)13-21(20)32-22(16)15-29(2)24(31)10-6-18-12-19-7-9-23(30)28-25(19)27-14-18/h5-6,8,10,12-14H,7,9,11,15,26H2,1-2H3,(H,27,28,30)/b10-6+. The van der Waals surface area contributed by atoms with E-state index in [1.54, 1.807) is 24.2 Å². The van der Waals surface area contributed by atoms with Gasteiger partial charge in [-0.15, -0.1) is 0 Å². The molecule has 7 heteroatoms. The fourth-order valence-electron chi connectivity index (χ4n) is 3.61. The van der Waals surface area contributed by atoms with Crippen LogP contribution in [0.3, 0.4) is 0 Å². The van der Waals surface area contributed by atoms with E-state index in [0.717, 1.165) is 39.0 Å². The van der Waals surface area contributed by atoms with Crippen molar-refractivity contribution in [3.63, 3.8) is 0 Å². The number of pyridine rings is 1. The van der Waals surface area contributed by atoms with E-state index in [4.69, 9.17) is 10.2 Å². The van der Waals surface area contributed by atoms with Crippen molar-refractivity contribution in [1.29, 1.82) is 0 Å². The third-order valence-electron chi connectivity index (χ3n) is 5.41. The largest absolute Gasteiger partial charge is 0.459 e. The zero-order chi connectivity index (χ0) is 22.7. The molecular weight excluding hydrogens is 404 g/mol. The lowest BCUT2D eigenvalue weighted by Gasteiger charge is -2.16. The van der Waals surface area contributed by atoms with Gasteiger partial charge in [0.25, 0.3) is 0 Å². The number of hydrogen-bond acceptors (Lipinski definition) is 5. The smallest absolute Gasteiger partial charge is 0.246 e. The van der Waals surface area contributed by atoms with Gasteiger partial charge in [-0.1, -0.05) is 11.8 Å². The molecule has 0 saturated heterocycles. The number of aromatic nitrogens is 1. The molecule has 0 aliphatic carbocycles. The first-order valence-electron chi connectivity index (χ1n) is 10.4. The summed E-state index contributed by atoms with van der Waals surface area (Å²) in [7, 11) is 1.73. The summed E-state index contributed by atoms with van der Waals surface area (Å²) in [4.78, 5) is 30.0. The van der Waals surface area contributed by atoms with Crippen LogP contribution in [-0.2, 0) is 22.6 Å². The van der Waals surface area contributed by atoms with Gasteiger partial charge in [-0.2, -0.15) is 0 Å². The van der Waals surface area contributed by atoms with Crippen LogP contribution in [0.2, 0.25) is 0 Å². The molecule has 3 N–H and O–H groups in total. The second kappa shape index (κ2) is 9.08. The minimum Gasteiger partial charge on any atom is -0.459 e. The highest BCUT2D eigenvalue weighted by Gasteiger charge is 2.17. The van der Waals surface area contributed by atoms with Gasteiger partial charge in [-0.25, -0.2) is 4.98 Å². The van der Waals surface area contributed by atoms with Crippen LogP contribution in [0, 0.1) is 18.8 Å². The monoisotopic (exact) mass is 428 g/mol. The van der Waals surface area contributed by atoms with Gasteiger partial charge in [-0.05, 0) is 54.8 Å². The van der Waals surface area contributed by atoms with Crippen LogP contribution < -0.4 is 11.1 Å². The summed E-state index contributed by atoms with van der Waals surface area (Å²) in [6.07, 6.45) is 5.98. The number of nitrogens with zero attached hydrogens (tertiary/aromatic N) is 2. The maximum atomic E-state index is 12.6. The van der Waals surface area contributed by atoms with Crippen LogP contribution in [0.15, 0.2) is 41.0 Å². The van der Waals surface area contributed by atoms with Crippen LogP contribution in [0.4, 0.5) is 5.82 Å². The minimum absolute atomic E-state index is 0.0225. The number of benzene rings is 1. The van der Waals surface area contributed by atoms with Crippen molar-refractivity contribution in [1.82, 2.24) is 9.88 Å². The van der Waals surface area contributed by atoms with Crippen LogP contribution >= 0.6 is 0 Å². The number of furan rings is 1. The van der Waals surface area contributed by atoms with Gasteiger partial charge < -0.3 is 20.4 Å². The number of fused-ring (bicyclic) bond motifs is 2. The van der Waals surface area contributed by atoms with E-state index < -0.39 is 0 Å². The van der Waals surface area contributed by atoms with E-state index in [2.05, 4.69) is 22.1 Å². The maximum absolute atomic E-state index is 12.6. The molecular formula is C25H24N4O3. The molecule has 0 atom stereocenters. The molecule has 162 valence electrons. The Morgan fingerprint density at radius 2 is 2.19 bits per heavy atom. The lowest BCUT2D eigenvalue weighted by Crippen LogP contribution is -2.24. The zero-order valence-corrected chi connectivity index (χ0v) is 18.1. The average molecular weight is 428 g/mol. The molecule has 0 bridgehead atoms. The molecule has 4 rings (SSSR count). The molecule has 0 fully saturated rings. The van der Waals surface area contributed by atoms with Crippen molar-refractivity contribution in [3.8, 4) is 11.8 Å². The number of carbonyl (C=O) groups excluding carboxylic acids is 2. The van der Waals surface area contributed by atoms with Crippen molar-refractivity contribution < 1.29 is 14.0 Å². The predicted molar refractivity (Wildman–Crippen MR) is 124 cm³/mol. The fourth-order valence-corrected chi connectivity index (χ4v) is 3.61. The highest BCUT2D eigenvalue weighted by Crippen LogP contribution is 2.27. The molecule has 0 radical (unpaired) electrons. The molecule has 1 aliphatic heterocycles. The van der Waals surface area contributed by atoms with Crippen molar-refractivity contribution in [2.75, 3.05) is 18.9 Å². The second-order valence-corrected chi connectivity index (χ2v) is 7.72. The number of carbonyl (C=O) groups is 2. The molecule has 3 aromatic rings. The first-order chi connectivity index (χ1) is 15.4. The van der Waals surface area contributed by atoms with Crippen molar-refractivity contribution in [2.45, 2.75) is 26.3 Å². The summed E-state index contributed by atoms with van der Waals surface area (Å²) in [5.74, 6) is 7.00. The summed E-state index contributed by atoms with van der Waals surface area (Å²) in [6, 6.07) is 7.75. The van der Waals surface area contributed by atoms with Crippen molar-refractivity contribution in [3.05, 3.63) is 64.6 Å². The summed E-state index contributed by atoms with van der Waals surface area (Å²) >= 11 is 0. The van der Waals surface area contributed by atoms with Crippen molar-refractivity contribution in [2.24, 2.45) is 5.73 Å². The second-order valence-electron chi connectivity index (χ2n) is 7.72. The number of amides is 2. The number of likely N-dealkylation sites (N-methyl/N-ethyl adjacent to an activating group) is 1. The first kappa shape index (κ1) is 21.3. The topological polar surface area (TPSA) is 101 Å². The Bertz CT molecular complexity index is 1290. The Labute approximate surface area is 186 Å². The van der Waals surface area contributed by atoms with Crippen LogP contribution in [0.25, 0.3) is 17.0 Å². The summed E-state index contributed by atoms with van der Waals surface area (Å²) in [5.41, 5.74) is 9.81. The molecule has 7 nitrogen and oxygen atoms in total. The summed E-state index contributed by atoms with van der Waals surface area (Å²) in [6.45, 7) is 2.64. The molecule has 0 unspecified atom stereocenters. The van der Waals surface area contributed by atoms with Gasteiger partial charge in [0.15, 0.2) is 0 Å². The minimum atomic E-state index is -0.148. The molecule has 1 aliphatic rings. The van der Waals surface area contributed by atoms with E-state index in [0.29, 0.717) is 31.7 Å². The fraction of sp³-hybridized carbons (Fsp3) is 0.240. The quantitative estimate of drug-likeness (QED) is 0.491. The van der Waals surface area contributed by atoms with E-state index >= 15 is 0 Å². The van der Waals surface area contributed by atoms with E-state index in [1.165, 1.54) is 6.08 Å². The van der Waals surface area contributed by atoms with Crippen LogP contribution in [0.5, 0.6) is 0 Å². The van der Waals surface area contributed by atoms with Gasteiger partial charge >= 0.3 is 0 Å². The number of nitrogens with one attached hydrogen (secondary N) is 1. The highest BCUT2D eigenvalue weighted by molar-refractivity contribution is 5.94. The predicted octanol–water partition coefficient (Wildman–Crippen LogP) is 3.00. The highest BCUT2D eigenvalue weighted by atomic mass is 16.3. The molecule has 0 saturated carbocycles. The number of hydrogen-bond donors (Lipinski definition) is 2. The van der Waals surface area contributed by atoms with Gasteiger partial charge in [0.05, 0.1) is 13.1 Å². The normalized spacial score (nSPS) is 12.9. The molecule has 2 amide bonds. The molecule has 3 heterocycles. The Kier molecular flexibility index (Phi) is 6.06. The summed E-state index contributed by atoms with van der Waals surface area (Å²) < 4.78 is 6.01. The van der Waals surface area contributed by atoms with Crippen molar-refractivity contribution >= 4 is 34.7 Å². The first-order valence-corrected chi connectivity index (χ1v) is 10.4. The van der Waals surface area contributed by atoms with E-state index in [-0.39, 0.29) is 11.8 Å². The zero-order valence-electron chi connectivity index (χ0n) is 18.1. The number of anilines is 1.